The van der Waals surface area contributed by atoms with Crippen LogP contribution in [-0.2, 0) is 11.3 Å². The van der Waals surface area contributed by atoms with Crippen molar-refractivity contribution in [1.29, 1.82) is 0 Å². The average Bonchev–Trinajstić information content (AvgIpc) is 2.38. The van der Waals surface area contributed by atoms with Crippen LogP contribution in [0.3, 0.4) is 0 Å². The summed E-state index contributed by atoms with van der Waals surface area (Å²) in [5, 5.41) is 3.22. The lowest BCUT2D eigenvalue weighted by Crippen LogP contribution is -2.38. The van der Waals surface area contributed by atoms with Crippen LogP contribution in [0.5, 0.6) is 0 Å². The maximum absolute atomic E-state index is 11.9. The van der Waals surface area contributed by atoms with Gasteiger partial charge in [0.2, 0.25) is 5.91 Å². The number of hydrogen-bond acceptors (Lipinski definition) is 2. The van der Waals surface area contributed by atoms with E-state index in [0.29, 0.717) is 19.1 Å². The van der Waals surface area contributed by atoms with E-state index in [9.17, 15) is 4.79 Å². The molecular formula is C15H24N2O. The van der Waals surface area contributed by atoms with Crippen molar-refractivity contribution < 1.29 is 4.79 Å². The Morgan fingerprint density at radius 2 is 2.06 bits per heavy atom. The van der Waals surface area contributed by atoms with Gasteiger partial charge < -0.3 is 10.2 Å². The summed E-state index contributed by atoms with van der Waals surface area (Å²) in [4.78, 5) is 13.7. The number of aryl methyl sites for hydroxylation is 1. The Morgan fingerprint density at radius 3 is 2.67 bits per heavy atom. The first kappa shape index (κ1) is 14.7. The van der Waals surface area contributed by atoms with E-state index in [0.717, 1.165) is 6.42 Å². The van der Waals surface area contributed by atoms with Gasteiger partial charge in [-0.15, -0.1) is 0 Å². The molecule has 3 heteroatoms. The minimum absolute atomic E-state index is 0.138. The third-order valence-corrected chi connectivity index (χ3v) is 3.31. The number of nitrogens with zero attached hydrogens (tertiary/aromatic N) is 1. The molecule has 0 radical (unpaired) electrons. The van der Waals surface area contributed by atoms with Gasteiger partial charge >= 0.3 is 0 Å². The molecule has 1 unspecified atom stereocenters. The zero-order valence-electron chi connectivity index (χ0n) is 11.9. The fourth-order valence-electron chi connectivity index (χ4n) is 1.67. The molecule has 0 saturated heterocycles. The van der Waals surface area contributed by atoms with Crippen molar-refractivity contribution in [3.05, 3.63) is 35.4 Å². The van der Waals surface area contributed by atoms with Crippen molar-refractivity contribution in [2.45, 2.75) is 39.8 Å². The molecule has 1 atom stereocenters. The van der Waals surface area contributed by atoms with Crippen molar-refractivity contribution >= 4 is 5.91 Å². The summed E-state index contributed by atoms with van der Waals surface area (Å²) in [5.74, 6) is 0.138. The Balaban J connectivity index is 2.47. The van der Waals surface area contributed by atoms with Crippen LogP contribution in [0, 0.1) is 6.92 Å². The maximum atomic E-state index is 11.9. The minimum Gasteiger partial charge on any atom is -0.340 e. The highest BCUT2D eigenvalue weighted by atomic mass is 16.2. The normalized spacial score (nSPS) is 12.2. The SMILES string of the molecule is CCC(C)NCC(=O)N(C)Cc1ccccc1C. The molecule has 0 fully saturated rings. The van der Waals surface area contributed by atoms with E-state index in [4.69, 9.17) is 0 Å². The van der Waals surface area contributed by atoms with Crippen molar-refractivity contribution in [2.24, 2.45) is 0 Å². The number of carbonyl (C=O) groups excluding carboxylic acids is 1. The number of nitrogens with one attached hydrogen (secondary N) is 1. The number of carbonyl (C=O) groups is 1. The zero-order valence-corrected chi connectivity index (χ0v) is 11.9. The second-order valence-corrected chi connectivity index (χ2v) is 4.87. The van der Waals surface area contributed by atoms with E-state index in [-0.39, 0.29) is 5.91 Å². The highest BCUT2D eigenvalue weighted by Crippen LogP contribution is 2.09. The predicted octanol–water partition coefficient (Wildman–Crippen LogP) is 2.34. The summed E-state index contributed by atoms with van der Waals surface area (Å²) in [6, 6.07) is 8.57. The maximum Gasteiger partial charge on any atom is 0.236 e. The van der Waals surface area contributed by atoms with Gasteiger partial charge in [0.1, 0.15) is 0 Å². The largest absolute Gasteiger partial charge is 0.340 e. The molecule has 1 aromatic rings. The third-order valence-electron chi connectivity index (χ3n) is 3.31. The van der Waals surface area contributed by atoms with Crippen molar-refractivity contribution in [2.75, 3.05) is 13.6 Å². The average molecular weight is 248 g/mol. The summed E-state index contributed by atoms with van der Waals surface area (Å²) in [5.41, 5.74) is 2.43. The fraction of sp³-hybridized carbons (Fsp3) is 0.533. The summed E-state index contributed by atoms with van der Waals surface area (Å²) < 4.78 is 0. The molecule has 0 heterocycles. The molecule has 0 aliphatic heterocycles. The van der Waals surface area contributed by atoms with Gasteiger partial charge in [-0.05, 0) is 31.4 Å². The second kappa shape index (κ2) is 7.17. The quantitative estimate of drug-likeness (QED) is 0.838. The van der Waals surface area contributed by atoms with E-state index >= 15 is 0 Å². The minimum atomic E-state index is 0.138. The van der Waals surface area contributed by atoms with Gasteiger partial charge in [-0.3, -0.25) is 4.79 Å². The first-order valence-electron chi connectivity index (χ1n) is 6.56. The molecule has 1 N–H and O–H groups in total. The van der Waals surface area contributed by atoms with E-state index < -0.39 is 0 Å². The monoisotopic (exact) mass is 248 g/mol. The molecule has 1 rings (SSSR count). The molecule has 100 valence electrons. The number of benzene rings is 1. The van der Waals surface area contributed by atoms with Crippen molar-refractivity contribution in [1.82, 2.24) is 10.2 Å². The van der Waals surface area contributed by atoms with E-state index in [1.54, 1.807) is 4.90 Å². The van der Waals surface area contributed by atoms with Gasteiger partial charge in [0.15, 0.2) is 0 Å². The highest BCUT2D eigenvalue weighted by molar-refractivity contribution is 5.78. The Hall–Kier alpha value is -1.35. The predicted molar refractivity (Wildman–Crippen MR) is 75.4 cm³/mol. The van der Waals surface area contributed by atoms with Crippen LogP contribution in [0.1, 0.15) is 31.4 Å². The third kappa shape index (κ3) is 4.49. The molecule has 1 aromatic carbocycles. The molecule has 0 spiro atoms. The van der Waals surface area contributed by atoms with Gasteiger partial charge in [0.25, 0.3) is 0 Å². The summed E-state index contributed by atoms with van der Waals surface area (Å²) in [6.07, 6.45) is 1.04. The molecule has 3 nitrogen and oxygen atoms in total. The van der Waals surface area contributed by atoms with Crippen LogP contribution in [0.25, 0.3) is 0 Å². The lowest BCUT2D eigenvalue weighted by Gasteiger charge is -2.20. The standard InChI is InChI=1S/C15H24N2O/c1-5-13(3)16-10-15(18)17(4)11-14-9-7-6-8-12(14)2/h6-9,13,16H,5,10-11H2,1-4H3. The Kier molecular flexibility index (Phi) is 5.86. The molecule has 0 aromatic heterocycles. The van der Waals surface area contributed by atoms with Crippen molar-refractivity contribution in [3.63, 3.8) is 0 Å². The number of amides is 1. The molecule has 0 saturated carbocycles. The lowest BCUT2D eigenvalue weighted by molar-refractivity contribution is -0.129. The summed E-state index contributed by atoms with van der Waals surface area (Å²) in [7, 11) is 1.85. The van der Waals surface area contributed by atoms with Crippen LogP contribution >= 0.6 is 0 Å². The molecule has 0 aliphatic rings. The topological polar surface area (TPSA) is 32.3 Å². The highest BCUT2D eigenvalue weighted by Gasteiger charge is 2.10. The number of hydrogen-bond donors (Lipinski definition) is 1. The molecule has 1 amide bonds. The number of rotatable bonds is 6. The molecule has 0 bridgehead atoms. The van der Waals surface area contributed by atoms with Gasteiger partial charge in [-0.1, -0.05) is 31.2 Å². The van der Waals surface area contributed by atoms with Gasteiger partial charge in [0, 0.05) is 19.6 Å². The van der Waals surface area contributed by atoms with E-state index in [2.05, 4.69) is 38.2 Å². The van der Waals surface area contributed by atoms with Crippen LogP contribution < -0.4 is 5.32 Å². The van der Waals surface area contributed by atoms with Crippen LogP contribution in [0.4, 0.5) is 0 Å². The second-order valence-electron chi connectivity index (χ2n) is 4.87. The Morgan fingerprint density at radius 1 is 1.39 bits per heavy atom. The first-order valence-corrected chi connectivity index (χ1v) is 6.56. The zero-order chi connectivity index (χ0) is 13.5. The van der Waals surface area contributed by atoms with Gasteiger partial charge in [-0.2, -0.15) is 0 Å². The van der Waals surface area contributed by atoms with E-state index in [1.165, 1.54) is 11.1 Å². The van der Waals surface area contributed by atoms with Crippen LogP contribution in [-0.4, -0.2) is 30.4 Å². The molecule has 0 aliphatic carbocycles. The fourth-order valence-corrected chi connectivity index (χ4v) is 1.67. The summed E-state index contributed by atoms with van der Waals surface area (Å²) in [6.45, 7) is 7.37. The Bertz CT molecular complexity index is 390. The van der Waals surface area contributed by atoms with Crippen LogP contribution in [0.15, 0.2) is 24.3 Å². The number of likely N-dealkylation sites (N-methyl/N-ethyl adjacent to an activating group) is 1. The molecule has 18 heavy (non-hydrogen) atoms. The first-order chi connectivity index (χ1) is 8.54. The lowest BCUT2D eigenvalue weighted by atomic mass is 10.1. The Labute approximate surface area is 110 Å². The van der Waals surface area contributed by atoms with Gasteiger partial charge in [0.05, 0.1) is 6.54 Å². The van der Waals surface area contributed by atoms with Gasteiger partial charge in [-0.25, -0.2) is 0 Å². The van der Waals surface area contributed by atoms with Crippen LogP contribution in [0.2, 0.25) is 0 Å². The smallest absolute Gasteiger partial charge is 0.236 e. The molecular weight excluding hydrogens is 224 g/mol. The summed E-state index contributed by atoms with van der Waals surface area (Å²) >= 11 is 0. The van der Waals surface area contributed by atoms with E-state index in [1.807, 2.05) is 19.2 Å². The van der Waals surface area contributed by atoms with Crippen molar-refractivity contribution in [3.8, 4) is 0 Å².